The van der Waals surface area contributed by atoms with Gasteiger partial charge in [-0.15, -0.1) is 0 Å². The maximum Gasteiger partial charge on any atom is 0.278 e. The summed E-state index contributed by atoms with van der Waals surface area (Å²) in [6.07, 6.45) is 5.70. The van der Waals surface area contributed by atoms with E-state index in [2.05, 4.69) is 38.1 Å². The lowest BCUT2D eigenvalue weighted by Crippen LogP contribution is -2.16. The van der Waals surface area contributed by atoms with E-state index >= 15 is 0 Å². The van der Waals surface area contributed by atoms with Crippen LogP contribution in [-0.4, -0.2) is 21.6 Å². The van der Waals surface area contributed by atoms with Gasteiger partial charge >= 0.3 is 0 Å². The number of rotatable bonds is 8. The van der Waals surface area contributed by atoms with Crippen molar-refractivity contribution in [2.75, 3.05) is 5.32 Å². The molecule has 180 valence electrons. The summed E-state index contributed by atoms with van der Waals surface area (Å²) < 4.78 is 1.51. The zero-order valence-electron chi connectivity index (χ0n) is 21.4. The summed E-state index contributed by atoms with van der Waals surface area (Å²) in [6.45, 7) is 12.6. The Morgan fingerprint density at radius 1 is 0.882 bits per heavy atom. The number of nitrogens with one attached hydrogen (secondary N) is 1. The second kappa shape index (κ2) is 10.8. The van der Waals surface area contributed by atoms with Crippen molar-refractivity contribution in [1.29, 1.82) is 0 Å². The van der Waals surface area contributed by atoms with Gasteiger partial charge in [0.25, 0.3) is 11.8 Å². The molecule has 1 amide bonds. The first kappa shape index (κ1) is 25.4. The minimum Gasteiger partial charge on any atom is -0.322 e. The molecule has 0 radical (unpaired) electrons. The van der Waals surface area contributed by atoms with E-state index in [1.165, 1.54) is 35.1 Å². The number of hydrogen-bond donors (Lipinski definition) is 1. The molecule has 0 aliphatic heterocycles. The second-order valence-electron chi connectivity index (χ2n) is 10.0. The van der Waals surface area contributed by atoms with Crippen molar-refractivity contribution in [1.82, 2.24) is 9.78 Å². The van der Waals surface area contributed by atoms with Gasteiger partial charge in [-0.3, -0.25) is 9.59 Å². The van der Waals surface area contributed by atoms with Crippen LogP contribution in [0.15, 0.2) is 48.5 Å². The van der Waals surface area contributed by atoms with Gasteiger partial charge in [0.1, 0.15) is 0 Å². The van der Waals surface area contributed by atoms with Crippen molar-refractivity contribution in [3.05, 3.63) is 82.2 Å². The van der Waals surface area contributed by atoms with Crippen LogP contribution in [0.1, 0.15) is 96.6 Å². The lowest BCUT2D eigenvalue weighted by atomic mass is 9.87. The average molecular weight is 460 g/mol. The van der Waals surface area contributed by atoms with Gasteiger partial charge < -0.3 is 5.32 Å². The van der Waals surface area contributed by atoms with Gasteiger partial charge in [0.2, 0.25) is 0 Å². The number of carbonyl (C=O) groups is 2. The highest BCUT2D eigenvalue weighted by atomic mass is 16.2. The Bertz CT molecular complexity index is 1130. The molecule has 5 heteroatoms. The van der Waals surface area contributed by atoms with E-state index in [0.29, 0.717) is 16.8 Å². The van der Waals surface area contributed by atoms with Crippen molar-refractivity contribution in [3.63, 3.8) is 0 Å². The van der Waals surface area contributed by atoms with Crippen LogP contribution in [0.2, 0.25) is 0 Å². The summed E-state index contributed by atoms with van der Waals surface area (Å²) in [5.41, 5.74) is 6.01. The SMILES string of the molecule is CCCCCCc1c(C)nn(C(=O)c2ccc(NC(=O)c3ccc(C(C)(C)C)cc3)cc2)c1C. The first-order valence-corrected chi connectivity index (χ1v) is 12.2. The highest BCUT2D eigenvalue weighted by Gasteiger charge is 2.18. The largest absolute Gasteiger partial charge is 0.322 e. The summed E-state index contributed by atoms with van der Waals surface area (Å²) in [5.74, 6) is -0.332. The van der Waals surface area contributed by atoms with Crippen molar-refractivity contribution < 1.29 is 9.59 Å². The minimum absolute atomic E-state index is 0.0403. The number of benzene rings is 2. The molecule has 0 aliphatic rings. The highest BCUT2D eigenvalue weighted by molar-refractivity contribution is 6.04. The zero-order valence-corrected chi connectivity index (χ0v) is 21.4. The maximum atomic E-state index is 13.1. The summed E-state index contributed by atoms with van der Waals surface area (Å²) in [5, 5.41) is 7.43. The van der Waals surface area contributed by atoms with E-state index in [0.717, 1.165) is 24.2 Å². The number of aryl methyl sites for hydroxylation is 1. The molecule has 34 heavy (non-hydrogen) atoms. The Morgan fingerprint density at radius 2 is 1.50 bits per heavy atom. The summed E-state index contributed by atoms with van der Waals surface area (Å²) in [6, 6.07) is 14.6. The van der Waals surface area contributed by atoms with Crippen molar-refractivity contribution in [2.45, 2.75) is 79.1 Å². The third-order valence-electron chi connectivity index (χ3n) is 6.32. The van der Waals surface area contributed by atoms with Crippen LogP contribution in [0.3, 0.4) is 0 Å². The predicted octanol–water partition coefficient (Wildman–Crippen LogP) is 6.86. The smallest absolute Gasteiger partial charge is 0.278 e. The number of amides is 1. The molecule has 0 aliphatic carbocycles. The first-order valence-electron chi connectivity index (χ1n) is 12.2. The third-order valence-corrected chi connectivity index (χ3v) is 6.32. The van der Waals surface area contributed by atoms with Crippen LogP contribution in [0.4, 0.5) is 5.69 Å². The molecule has 0 bridgehead atoms. The van der Waals surface area contributed by atoms with Crippen LogP contribution in [-0.2, 0) is 11.8 Å². The molecule has 3 rings (SSSR count). The summed E-state index contributed by atoms with van der Waals surface area (Å²) in [7, 11) is 0. The summed E-state index contributed by atoms with van der Waals surface area (Å²) in [4.78, 5) is 25.7. The van der Waals surface area contributed by atoms with Gasteiger partial charge in [-0.25, -0.2) is 4.68 Å². The molecule has 0 unspecified atom stereocenters. The van der Waals surface area contributed by atoms with E-state index in [1.54, 1.807) is 24.3 Å². The maximum absolute atomic E-state index is 13.1. The number of unbranched alkanes of at least 4 members (excludes halogenated alkanes) is 3. The highest BCUT2D eigenvalue weighted by Crippen LogP contribution is 2.23. The summed E-state index contributed by atoms with van der Waals surface area (Å²) >= 11 is 0. The van der Waals surface area contributed by atoms with Crippen molar-refractivity contribution >= 4 is 17.5 Å². The van der Waals surface area contributed by atoms with Gasteiger partial charge in [-0.1, -0.05) is 59.1 Å². The third kappa shape index (κ3) is 6.02. The number of carbonyl (C=O) groups excluding carboxylic acids is 2. The molecule has 0 atom stereocenters. The van der Waals surface area contributed by atoms with Crippen LogP contribution >= 0.6 is 0 Å². The monoisotopic (exact) mass is 459 g/mol. The van der Waals surface area contributed by atoms with E-state index in [9.17, 15) is 9.59 Å². The number of nitrogens with zero attached hydrogens (tertiary/aromatic N) is 2. The molecular formula is C29H37N3O2. The topological polar surface area (TPSA) is 64.0 Å². The van der Waals surface area contributed by atoms with E-state index in [1.807, 2.05) is 38.1 Å². The second-order valence-corrected chi connectivity index (χ2v) is 10.0. The molecule has 2 aromatic carbocycles. The zero-order chi connectivity index (χ0) is 24.9. The molecule has 0 saturated carbocycles. The van der Waals surface area contributed by atoms with Crippen molar-refractivity contribution in [3.8, 4) is 0 Å². The van der Waals surface area contributed by atoms with E-state index in [4.69, 9.17) is 0 Å². The fourth-order valence-electron chi connectivity index (χ4n) is 4.11. The van der Waals surface area contributed by atoms with E-state index < -0.39 is 0 Å². The Labute approximate surface area is 203 Å². The molecule has 0 saturated heterocycles. The van der Waals surface area contributed by atoms with Gasteiger partial charge in [0, 0.05) is 22.5 Å². The fraction of sp³-hybridized carbons (Fsp3) is 0.414. The molecule has 5 nitrogen and oxygen atoms in total. The Morgan fingerprint density at radius 3 is 2.09 bits per heavy atom. The number of hydrogen-bond acceptors (Lipinski definition) is 3. The molecule has 0 spiro atoms. The van der Waals surface area contributed by atoms with Crippen LogP contribution in [0, 0.1) is 13.8 Å². The lowest BCUT2D eigenvalue weighted by Gasteiger charge is -2.19. The van der Waals surface area contributed by atoms with Crippen LogP contribution in [0.25, 0.3) is 0 Å². The predicted molar refractivity (Wildman–Crippen MR) is 139 cm³/mol. The van der Waals surface area contributed by atoms with Gasteiger partial charge in [0.05, 0.1) is 5.69 Å². The lowest BCUT2D eigenvalue weighted by molar-refractivity contribution is 0.0941. The van der Waals surface area contributed by atoms with Gasteiger partial charge in [0.15, 0.2) is 0 Å². The molecule has 3 aromatic rings. The standard InChI is InChI=1S/C29H37N3O2/c1-7-8-9-10-11-26-20(2)31-32(21(26)3)28(34)23-14-18-25(19-15-23)30-27(33)22-12-16-24(17-13-22)29(4,5)6/h12-19H,7-11H2,1-6H3,(H,30,33). The molecule has 1 N–H and O–H groups in total. The van der Waals surface area contributed by atoms with E-state index in [-0.39, 0.29) is 17.2 Å². The first-order chi connectivity index (χ1) is 16.1. The van der Waals surface area contributed by atoms with Crippen LogP contribution in [0.5, 0.6) is 0 Å². The quantitative estimate of drug-likeness (QED) is 0.374. The fourth-order valence-corrected chi connectivity index (χ4v) is 4.11. The Hall–Kier alpha value is -3.21. The Kier molecular flexibility index (Phi) is 8.08. The van der Waals surface area contributed by atoms with Gasteiger partial charge in [-0.05, 0) is 79.6 Å². The number of aromatic nitrogens is 2. The molecule has 0 fully saturated rings. The van der Waals surface area contributed by atoms with Crippen LogP contribution < -0.4 is 5.32 Å². The molecule has 1 aromatic heterocycles. The number of anilines is 1. The molecule has 1 heterocycles. The molecular weight excluding hydrogens is 422 g/mol. The van der Waals surface area contributed by atoms with Crippen molar-refractivity contribution in [2.24, 2.45) is 0 Å². The minimum atomic E-state index is -0.175. The Balaban J connectivity index is 1.67. The normalized spacial score (nSPS) is 11.5. The van der Waals surface area contributed by atoms with Gasteiger partial charge in [-0.2, -0.15) is 5.10 Å². The average Bonchev–Trinajstić information content (AvgIpc) is 3.09.